The molecule has 226 valence electrons. The minimum Gasteiger partial charge on any atom is -0.446 e. The van der Waals surface area contributed by atoms with E-state index < -0.39 is 23.6 Å². The topological polar surface area (TPSA) is 73.4 Å². The van der Waals surface area contributed by atoms with Gasteiger partial charge in [0.1, 0.15) is 6.10 Å². The molecule has 0 saturated carbocycles. The number of piperidine rings is 1. The van der Waals surface area contributed by atoms with E-state index in [-0.39, 0.29) is 29.4 Å². The van der Waals surface area contributed by atoms with E-state index in [1.807, 2.05) is 19.1 Å². The quantitative estimate of drug-likeness (QED) is 0.447. The Bertz CT molecular complexity index is 1320. The predicted molar refractivity (Wildman–Crippen MR) is 156 cm³/mol. The monoisotopic (exact) mass is 602 g/mol. The lowest BCUT2D eigenvalue weighted by Crippen LogP contribution is -2.43. The Morgan fingerprint density at radius 1 is 1.00 bits per heavy atom. The summed E-state index contributed by atoms with van der Waals surface area (Å²) in [6.45, 7) is 8.43. The highest BCUT2D eigenvalue weighted by Crippen LogP contribution is 2.33. The zero-order valence-electron chi connectivity index (χ0n) is 24.0. The maximum atomic E-state index is 14.2. The number of carbonyl (C=O) groups excluding carboxylic acids is 3. The highest BCUT2D eigenvalue weighted by Gasteiger charge is 2.42. The van der Waals surface area contributed by atoms with Crippen molar-refractivity contribution in [1.82, 2.24) is 14.7 Å². The Morgan fingerprint density at radius 2 is 1.69 bits per heavy atom. The van der Waals surface area contributed by atoms with Crippen molar-refractivity contribution < 1.29 is 27.9 Å². The number of anilines is 1. The molecule has 2 aromatic carbocycles. The average molecular weight is 603 g/mol. The van der Waals surface area contributed by atoms with E-state index in [2.05, 4.69) is 4.90 Å². The Hall–Kier alpha value is -3.24. The first-order valence-corrected chi connectivity index (χ1v) is 14.9. The number of hydrogen-bond donors (Lipinski definition) is 0. The van der Waals surface area contributed by atoms with Crippen LogP contribution in [-0.2, 0) is 9.53 Å². The van der Waals surface area contributed by atoms with Gasteiger partial charge in [-0.3, -0.25) is 14.5 Å². The molecule has 0 N–H and O–H groups in total. The van der Waals surface area contributed by atoms with Crippen molar-refractivity contribution in [1.29, 1.82) is 0 Å². The number of benzene rings is 2. The molecule has 42 heavy (non-hydrogen) atoms. The molecule has 2 aromatic rings. The van der Waals surface area contributed by atoms with Crippen molar-refractivity contribution in [3.63, 3.8) is 0 Å². The summed E-state index contributed by atoms with van der Waals surface area (Å²) in [6.07, 6.45) is 1.25. The zero-order chi connectivity index (χ0) is 30.0. The summed E-state index contributed by atoms with van der Waals surface area (Å²) in [5.41, 5.74) is 1.37. The van der Waals surface area contributed by atoms with Crippen LogP contribution in [0.15, 0.2) is 36.4 Å². The summed E-state index contributed by atoms with van der Waals surface area (Å²) in [6, 6.07) is 9.22. The molecule has 0 spiro atoms. The second kappa shape index (κ2) is 13.0. The molecule has 8 nitrogen and oxygen atoms in total. The third kappa shape index (κ3) is 6.70. The molecule has 0 aromatic heterocycles. The van der Waals surface area contributed by atoms with Gasteiger partial charge >= 0.3 is 6.09 Å². The van der Waals surface area contributed by atoms with Crippen LogP contribution in [0.4, 0.5) is 19.3 Å². The van der Waals surface area contributed by atoms with Crippen LogP contribution in [-0.4, -0.2) is 91.1 Å². The zero-order valence-corrected chi connectivity index (χ0v) is 24.8. The number of likely N-dealkylation sites (tertiary alicyclic amines) is 3. The molecule has 11 heteroatoms. The van der Waals surface area contributed by atoms with Crippen molar-refractivity contribution in [2.45, 2.75) is 39.2 Å². The van der Waals surface area contributed by atoms with E-state index in [9.17, 15) is 23.2 Å². The Kier molecular flexibility index (Phi) is 9.32. The van der Waals surface area contributed by atoms with E-state index in [0.29, 0.717) is 62.7 Å². The minimum absolute atomic E-state index is 0.0292. The van der Waals surface area contributed by atoms with Gasteiger partial charge < -0.3 is 19.4 Å². The van der Waals surface area contributed by atoms with Crippen molar-refractivity contribution in [2.24, 2.45) is 11.8 Å². The first-order valence-electron chi connectivity index (χ1n) is 14.6. The molecule has 0 bridgehead atoms. The van der Waals surface area contributed by atoms with Crippen molar-refractivity contribution in [3.05, 3.63) is 64.2 Å². The smallest absolute Gasteiger partial charge is 0.414 e. The number of nitrogens with zero attached hydrogens (tertiary/aromatic N) is 4. The maximum absolute atomic E-state index is 14.2. The van der Waals surface area contributed by atoms with Gasteiger partial charge in [-0.15, -0.1) is 0 Å². The van der Waals surface area contributed by atoms with Gasteiger partial charge in [-0.05, 0) is 61.6 Å². The maximum Gasteiger partial charge on any atom is 0.414 e. The summed E-state index contributed by atoms with van der Waals surface area (Å²) in [5, 5.41) is 0.574. The summed E-state index contributed by atoms with van der Waals surface area (Å²) < 4.78 is 33.7. The lowest BCUT2D eigenvalue weighted by atomic mass is 10.0. The first-order chi connectivity index (χ1) is 20.1. The van der Waals surface area contributed by atoms with Crippen LogP contribution in [0.5, 0.6) is 0 Å². The highest BCUT2D eigenvalue weighted by molar-refractivity contribution is 6.31. The van der Waals surface area contributed by atoms with E-state index >= 15 is 0 Å². The van der Waals surface area contributed by atoms with E-state index in [1.165, 1.54) is 12.1 Å². The summed E-state index contributed by atoms with van der Waals surface area (Å²) in [7, 11) is 0. The normalized spacial score (nSPS) is 21.0. The van der Waals surface area contributed by atoms with Gasteiger partial charge in [0, 0.05) is 76.3 Å². The van der Waals surface area contributed by atoms with Crippen LogP contribution < -0.4 is 4.90 Å². The molecule has 3 amide bonds. The highest BCUT2D eigenvalue weighted by atomic mass is 35.5. The van der Waals surface area contributed by atoms with Crippen LogP contribution in [0.1, 0.15) is 42.1 Å². The molecule has 3 aliphatic rings. The largest absolute Gasteiger partial charge is 0.446 e. The first kappa shape index (κ1) is 30.2. The fourth-order valence-electron chi connectivity index (χ4n) is 6.30. The van der Waals surface area contributed by atoms with Gasteiger partial charge in [-0.2, -0.15) is 0 Å². The molecule has 3 aliphatic heterocycles. The molecule has 3 fully saturated rings. The fraction of sp³-hybridized carbons (Fsp3) is 0.516. The minimum atomic E-state index is -1.10. The number of aryl methyl sites for hydroxylation is 1. The number of rotatable bonds is 7. The number of carbonyl (C=O) groups is 3. The molecule has 3 saturated heterocycles. The van der Waals surface area contributed by atoms with Gasteiger partial charge in [0.25, 0.3) is 5.91 Å². The lowest BCUT2D eigenvalue weighted by molar-refractivity contribution is -0.130. The number of hydrogen-bond acceptors (Lipinski definition) is 5. The van der Waals surface area contributed by atoms with E-state index in [1.54, 1.807) is 27.7 Å². The van der Waals surface area contributed by atoms with Crippen LogP contribution in [0.25, 0.3) is 0 Å². The van der Waals surface area contributed by atoms with Gasteiger partial charge in [0.2, 0.25) is 5.91 Å². The van der Waals surface area contributed by atoms with Crippen molar-refractivity contribution in [2.75, 3.05) is 57.3 Å². The van der Waals surface area contributed by atoms with Crippen LogP contribution in [0, 0.1) is 30.4 Å². The summed E-state index contributed by atoms with van der Waals surface area (Å²) >= 11 is 6.39. The Balaban J connectivity index is 1.15. The van der Waals surface area contributed by atoms with Crippen LogP contribution in [0.3, 0.4) is 0 Å². The van der Waals surface area contributed by atoms with Gasteiger partial charge in [0.05, 0.1) is 5.56 Å². The molecular formula is C31H37ClF2N4O4. The van der Waals surface area contributed by atoms with E-state index in [4.69, 9.17) is 16.3 Å². The van der Waals surface area contributed by atoms with Gasteiger partial charge in [0.15, 0.2) is 11.6 Å². The fourth-order valence-corrected chi connectivity index (χ4v) is 6.48. The molecule has 0 radical (unpaired) electrons. The second-order valence-electron chi connectivity index (χ2n) is 11.6. The third-order valence-electron chi connectivity index (χ3n) is 8.73. The molecule has 2 unspecified atom stereocenters. The summed E-state index contributed by atoms with van der Waals surface area (Å²) in [5.74, 6) is -2.02. The Labute approximate surface area is 250 Å². The van der Waals surface area contributed by atoms with Crippen molar-refractivity contribution >= 4 is 35.2 Å². The predicted octanol–water partition coefficient (Wildman–Crippen LogP) is 4.97. The molecular weight excluding hydrogens is 566 g/mol. The molecule has 0 aliphatic carbocycles. The van der Waals surface area contributed by atoms with Gasteiger partial charge in [-0.1, -0.05) is 23.7 Å². The third-order valence-corrected chi connectivity index (χ3v) is 9.14. The van der Waals surface area contributed by atoms with Crippen LogP contribution in [0.2, 0.25) is 5.02 Å². The van der Waals surface area contributed by atoms with Crippen LogP contribution >= 0.6 is 11.6 Å². The Morgan fingerprint density at radius 3 is 2.33 bits per heavy atom. The van der Waals surface area contributed by atoms with Gasteiger partial charge in [-0.25, -0.2) is 13.6 Å². The lowest BCUT2D eigenvalue weighted by Gasteiger charge is -2.32. The molecule has 5 rings (SSSR count). The molecule has 3 heterocycles. The van der Waals surface area contributed by atoms with Crippen molar-refractivity contribution in [3.8, 4) is 0 Å². The number of halogens is 3. The van der Waals surface area contributed by atoms with E-state index in [0.717, 1.165) is 31.3 Å². The standard InChI is InChI=1S/C31H37ClF2N4O4/c1-20-7-8-24(15-27(20)32)38(31(41)42-25-9-13-36(14-10-25)21(2)39)12-4-11-35-16-22-18-37(19-23(22)17-35)30(40)26-5-3-6-28(33)29(26)34/h3,5-8,15,22-23,25H,4,9-14,16-19H2,1-2H3. The summed E-state index contributed by atoms with van der Waals surface area (Å²) in [4.78, 5) is 45.2. The number of fused-ring (bicyclic) bond motifs is 1. The average Bonchev–Trinajstić information content (AvgIpc) is 3.53. The number of ether oxygens (including phenoxy) is 1. The second-order valence-corrected chi connectivity index (χ2v) is 12.0. The SMILES string of the molecule is CC(=O)N1CCC(OC(=O)N(CCCN2CC3CN(C(=O)c4cccc(F)c4F)CC3C2)c2ccc(C)c(Cl)c2)CC1. The molecule has 2 atom stereocenters. The number of amides is 3.